The van der Waals surface area contributed by atoms with Crippen LogP contribution < -0.4 is 0 Å². The van der Waals surface area contributed by atoms with Crippen molar-refractivity contribution in [1.29, 1.82) is 0 Å². The van der Waals surface area contributed by atoms with Crippen molar-refractivity contribution in [3.05, 3.63) is 15.3 Å². The Morgan fingerprint density at radius 1 is 1.40 bits per heavy atom. The molecule has 0 aliphatic carbocycles. The maximum Gasteiger partial charge on any atom is 3.00 e. The van der Waals surface area contributed by atoms with E-state index >= 15 is 0 Å². The molecule has 0 aromatic heterocycles. The van der Waals surface area contributed by atoms with Gasteiger partial charge in [-0.25, -0.2) is 0 Å². The molecule has 24 valence electrons. The van der Waals surface area contributed by atoms with E-state index in [1.54, 1.807) is 0 Å². The first-order valence-corrected chi connectivity index (χ1v) is 0.548. The fourth-order valence-electron chi connectivity index (χ4n) is 0. The summed E-state index contributed by atoms with van der Waals surface area (Å²) in [6, 6.07) is 0. The van der Waals surface area contributed by atoms with E-state index in [1.807, 2.05) is 0 Å². The first-order chi connectivity index (χ1) is 1.73. The van der Waals surface area contributed by atoms with Crippen LogP contribution >= 0.6 is 0 Å². The molecule has 0 aromatic carbocycles. The standard InChI is InChI=1S/NO3.Tl/c2-1(3)4;/q-1;+3. The molecule has 0 aliphatic heterocycles. The molecule has 0 rings (SSSR count). The second-order valence-electron chi connectivity index (χ2n) is 0.224. The summed E-state index contributed by atoms with van der Waals surface area (Å²) in [6.45, 7) is 0. The van der Waals surface area contributed by atoms with E-state index in [1.165, 1.54) is 0 Å². The molecule has 0 bridgehead atoms. The molecule has 0 atom stereocenters. The molecule has 4 nitrogen and oxygen atoms in total. The Bertz CT molecular complexity index is 29.9. The zero-order valence-electron chi connectivity index (χ0n) is 2.25. The Labute approximate surface area is 48.1 Å². The first-order valence-electron chi connectivity index (χ1n) is 0.548. The van der Waals surface area contributed by atoms with E-state index in [2.05, 4.69) is 0 Å². The molecule has 0 spiro atoms. The molecule has 5 heavy (non-hydrogen) atoms. The second kappa shape index (κ2) is 4.12. The van der Waals surface area contributed by atoms with Gasteiger partial charge in [0.1, 0.15) is 0 Å². The summed E-state index contributed by atoms with van der Waals surface area (Å²) in [5.74, 6) is 0. The number of rotatable bonds is 0. The van der Waals surface area contributed by atoms with Gasteiger partial charge < -0.3 is 15.3 Å². The van der Waals surface area contributed by atoms with Gasteiger partial charge in [-0.2, -0.15) is 0 Å². The quantitative estimate of drug-likeness (QED) is 0.333. The smallest absolute Gasteiger partial charge is 0.356 e. The van der Waals surface area contributed by atoms with Gasteiger partial charge in [0.05, 0.1) is 5.09 Å². The normalized spacial score (nSPS) is 4.80. The molecule has 0 heterocycles. The van der Waals surface area contributed by atoms with Crippen molar-refractivity contribution in [1.82, 2.24) is 0 Å². The monoisotopic (exact) mass is 267 g/mol. The summed E-state index contributed by atoms with van der Waals surface area (Å²) in [4.78, 5) is 8.25. The Hall–Kier alpha value is 0.122. The summed E-state index contributed by atoms with van der Waals surface area (Å²) >= 11 is 0. The van der Waals surface area contributed by atoms with Gasteiger partial charge >= 0.3 is 27.3 Å². The Kier molecular flexibility index (Phi) is 7.36. The van der Waals surface area contributed by atoms with Gasteiger partial charge in [-0.1, -0.05) is 0 Å². The van der Waals surface area contributed by atoms with E-state index in [4.69, 9.17) is 15.3 Å². The van der Waals surface area contributed by atoms with Crippen LogP contribution in [0.1, 0.15) is 0 Å². The second-order valence-corrected chi connectivity index (χ2v) is 0.224. The van der Waals surface area contributed by atoms with Crippen molar-refractivity contribution in [3.8, 4) is 0 Å². The zero-order valence-corrected chi connectivity index (χ0v) is 6.74. The van der Waals surface area contributed by atoms with Crippen molar-refractivity contribution in [2.75, 3.05) is 0 Å². The number of nitrogens with zero attached hydrogens (tertiary/aromatic N) is 1. The molecule has 0 fully saturated rings. The summed E-state index contributed by atoms with van der Waals surface area (Å²) in [5.41, 5.74) is 0. The van der Waals surface area contributed by atoms with Gasteiger partial charge in [0, 0.05) is 0 Å². The van der Waals surface area contributed by atoms with Crippen LogP contribution in [0.4, 0.5) is 0 Å². The molecule has 0 saturated heterocycles. The van der Waals surface area contributed by atoms with Crippen molar-refractivity contribution in [2.45, 2.75) is 0 Å². The van der Waals surface area contributed by atoms with Crippen LogP contribution in [-0.4, -0.2) is 32.4 Å². The van der Waals surface area contributed by atoms with Crippen molar-refractivity contribution in [2.24, 2.45) is 0 Å². The third-order valence-corrected chi connectivity index (χ3v) is 0. The van der Waals surface area contributed by atoms with Crippen LogP contribution in [0.3, 0.4) is 0 Å². The minimum atomic E-state index is -1.75. The van der Waals surface area contributed by atoms with Crippen LogP contribution in [0.25, 0.3) is 0 Å². The molecule has 0 amide bonds. The number of hydrogen-bond donors (Lipinski definition) is 0. The third kappa shape index (κ3) is 1250. The van der Waals surface area contributed by atoms with Crippen molar-refractivity contribution < 1.29 is 5.09 Å². The summed E-state index contributed by atoms with van der Waals surface area (Å²) < 4.78 is 0. The van der Waals surface area contributed by atoms with Gasteiger partial charge in [-0.05, 0) is 0 Å². The molecule has 0 saturated carbocycles. The van der Waals surface area contributed by atoms with Crippen LogP contribution in [0, 0.1) is 15.3 Å². The molecule has 0 unspecified atom stereocenters. The van der Waals surface area contributed by atoms with Gasteiger partial charge in [0.15, 0.2) is 0 Å². The van der Waals surface area contributed by atoms with Gasteiger partial charge in [-0.3, -0.25) is 0 Å². The Balaban J connectivity index is 0. The third-order valence-electron chi connectivity index (χ3n) is 0. The van der Waals surface area contributed by atoms with Crippen LogP contribution in [-0.2, 0) is 0 Å². The fraction of sp³-hybridized carbons (Fsp3) is 0. The fourth-order valence-corrected chi connectivity index (χ4v) is 0. The van der Waals surface area contributed by atoms with Crippen LogP contribution in [0.15, 0.2) is 0 Å². The summed E-state index contributed by atoms with van der Waals surface area (Å²) in [7, 11) is 0. The van der Waals surface area contributed by atoms with Gasteiger partial charge in [0.2, 0.25) is 0 Å². The van der Waals surface area contributed by atoms with E-state index in [9.17, 15) is 0 Å². The van der Waals surface area contributed by atoms with E-state index < -0.39 is 5.09 Å². The predicted octanol–water partition coefficient (Wildman–Crippen LogP) is -0.620. The van der Waals surface area contributed by atoms with Crippen molar-refractivity contribution >= 4 is 27.3 Å². The van der Waals surface area contributed by atoms with Crippen LogP contribution in [0.5, 0.6) is 0 Å². The minimum absolute atomic E-state index is 0. The summed E-state index contributed by atoms with van der Waals surface area (Å²) in [5, 5.41) is 14.8. The molecule has 0 aliphatic rings. The molecular weight excluding hydrogens is 266 g/mol. The minimum Gasteiger partial charge on any atom is -0.356 e. The van der Waals surface area contributed by atoms with E-state index in [0.29, 0.717) is 0 Å². The number of hydrogen-bond acceptors (Lipinski definition) is 3. The average molecular weight is 266 g/mol. The van der Waals surface area contributed by atoms with Crippen molar-refractivity contribution in [3.63, 3.8) is 0 Å². The molecule has 0 radical (unpaired) electrons. The molecular formula is NO3Tl+2. The average Bonchev–Trinajstić information content (AvgIpc) is 0.811. The molecule has 0 aromatic rings. The van der Waals surface area contributed by atoms with E-state index in [0.717, 1.165) is 0 Å². The Morgan fingerprint density at radius 2 is 1.40 bits per heavy atom. The molecule has 0 N–H and O–H groups in total. The first kappa shape index (κ1) is 8.93. The maximum absolute atomic E-state index is 8.25. The topological polar surface area (TPSA) is 66.2 Å². The predicted molar refractivity (Wildman–Crippen MR) is 16.1 cm³/mol. The van der Waals surface area contributed by atoms with Crippen LogP contribution in [0.2, 0.25) is 0 Å². The van der Waals surface area contributed by atoms with E-state index in [-0.39, 0.29) is 27.3 Å². The largest absolute Gasteiger partial charge is 3.00 e. The maximum atomic E-state index is 8.25. The summed E-state index contributed by atoms with van der Waals surface area (Å²) in [6.07, 6.45) is 0. The van der Waals surface area contributed by atoms with Gasteiger partial charge in [0.25, 0.3) is 0 Å². The molecule has 5 heteroatoms. The Morgan fingerprint density at radius 3 is 1.40 bits per heavy atom. The SMILES string of the molecule is O=[N+]([O-])[O-].[Tl+3]. The van der Waals surface area contributed by atoms with Gasteiger partial charge in [-0.15, -0.1) is 0 Å². The zero-order chi connectivity index (χ0) is 3.58.